The summed E-state index contributed by atoms with van der Waals surface area (Å²) in [6.45, 7) is 3.87. The fourth-order valence-electron chi connectivity index (χ4n) is 2.43. The topological polar surface area (TPSA) is 60.4 Å². The summed E-state index contributed by atoms with van der Waals surface area (Å²) in [6.07, 6.45) is 1.73. The van der Waals surface area contributed by atoms with Crippen LogP contribution in [0.5, 0.6) is 0 Å². The highest BCUT2D eigenvalue weighted by molar-refractivity contribution is 7.15. The van der Waals surface area contributed by atoms with Gasteiger partial charge in [0.2, 0.25) is 4.96 Å². The van der Waals surface area contributed by atoms with Gasteiger partial charge in [0, 0.05) is 11.6 Å². The molecule has 23 heavy (non-hydrogen) atoms. The van der Waals surface area contributed by atoms with Crippen LogP contribution in [-0.4, -0.2) is 14.6 Å². The molecular formula is C17H13N3O2S. The zero-order valence-corrected chi connectivity index (χ0v) is 13.4. The van der Waals surface area contributed by atoms with Gasteiger partial charge in [-0.1, -0.05) is 35.6 Å². The van der Waals surface area contributed by atoms with Crippen molar-refractivity contribution < 1.29 is 4.42 Å². The number of hydrogen-bond donors (Lipinski definition) is 0. The van der Waals surface area contributed by atoms with Crippen LogP contribution in [0.25, 0.3) is 22.4 Å². The Labute approximate surface area is 135 Å². The van der Waals surface area contributed by atoms with Crippen molar-refractivity contribution in [3.05, 3.63) is 68.4 Å². The first-order chi connectivity index (χ1) is 11.1. The monoisotopic (exact) mass is 323 g/mol. The Bertz CT molecular complexity index is 1120. The molecule has 0 N–H and O–H groups in total. The Morgan fingerprint density at radius 2 is 2.00 bits per heavy atom. The highest BCUT2D eigenvalue weighted by atomic mass is 32.1. The summed E-state index contributed by atoms with van der Waals surface area (Å²) in [5.74, 6) is 2.04. The van der Waals surface area contributed by atoms with E-state index in [1.165, 1.54) is 15.9 Å². The Hall–Kier alpha value is -2.73. The Kier molecular flexibility index (Phi) is 3.12. The van der Waals surface area contributed by atoms with E-state index >= 15 is 0 Å². The minimum absolute atomic E-state index is 0.175. The van der Waals surface area contributed by atoms with E-state index in [-0.39, 0.29) is 5.56 Å². The second-order valence-corrected chi connectivity index (χ2v) is 6.32. The summed E-state index contributed by atoms with van der Waals surface area (Å²) >= 11 is 1.31. The molecule has 0 atom stereocenters. The summed E-state index contributed by atoms with van der Waals surface area (Å²) in [4.78, 5) is 17.5. The number of aromatic nitrogens is 3. The molecule has 0 unspecified atom stereocenters. The van der Waals surface area contributed by atoms with Crippen molar-refractivity contribution in [2.45, 2.75) is 13.8 Å². The molecule has 6 heteroatoms. The van der Waals surface area contributed by atoms with Gasteiger partial charge in [-0.3, -0.25) is 4.79 Å². The van der Waals surface area contributed by atoms with Crippen LogP contribution < -0.4 is 10.1 Å². The second kappa shape index (κ2) is 5.17. The van der Waals surface area contributed by atoms with Crippen molar-refractivity contribution in [3.8, 4) is 11.4 Å². The number of nitrogens with zero attached hydrogens (tertiary/aromatic N) is 3. The quantitative estimate of drug-likeness (QED) is 0.569. The normalized spacial score (nSPS) is 12.3. The van der Waals surface area contributed by atoms with Crippen molar-refractivity contribution in [1.29, 1.82) is 0 Å². The molecule has 0 aliphatic carbocycles. The molecule has 4 aromatic rings. The van der Waals surface area contributed by atoms with E-state index in [0.717, 1.165) is 16.9 Å². The average molecular weight is 323 g/mol. The van der Waals surface area contributed by atoms with Crippen LogP contribution in [0.4, 0.5) is 0 Å². The molecule has 0 bridgehead atoms. The van der Waals surface area contributed by atoms with Crippen molar-refractivity contribution in [2.24, 2.45) is 0 Å². The smallest absolute Gasteiger partial charge is 0.291 e. The summed E-state index contributed by atoms with van der Waals surface area (Å²) < 4.78 is 7.40. The van der Waals surface area contributed by atoms with Gasteiger partial charge in [-0.05, 0) is 31.5 Å². The molecule has 114 valence electrons. The Balaban J connectivity index is 1.86. The molecule has 4 rings (SSSR count). The van der Waals surface area contributed by atoms with Gasteiger partial charge >= 0.3 is 0 Å². The van der Waals surface area contributed by atoms with Crippen LogP contribution in [0.1, 0.15) is 17.1 Å². The van der Waals surface area contributed by atoms with Crippen LogP contribution >= 0.6 is 11.3 Å². The number of benzene rings is 1. The molecule has 0 aliphatic heterocycles. The summed E-state index contributed by atoms with van der Waals surface area (Å²) in [6, 6.07) is 11.6. The standard InChI is InChI=1S/C17H13N3O2S/c1-10-5-3-4-6-13(10)15-18-17-20(19-15)16(21)14(23-17)9-12-8-7-11(2)22-12/h3-9H,1-2H3/b14-9+. The minimum atomic E-state index is -0.175. The molecule has 3 heterocycles. The summed E-state index contributed by atoms with van der Waals surface area (Å²) in [7, 11) is 0. The van der Waals surface area contributed by atoms with Gasteiger partial charge < -0.3 is 4.42 Å². The number of hydrogen-bond acceptors (Lipinski definition) is 5. The number of fused-ring (bicyclic) bond motifs is 1. The fourth-order valence-corrected chi connectivity index (χ4v) is 3.32. The zero-order valence-electron chi connectivity index (χ0n) is 12.6. The van der Waals surface area contributed by atoms with Crippen molar-refractivity contribution in [3.63, 3.8) is 0 Å². The van der Waals surface area contributed by atoms with Gasteiger partial charge in [-0.2, -0.15) is 9.50 Å². The Morgan fingerprint density at radius 3 is 2.70 bits per heavy atom. The van der Waals surface area contributed by atoms with Gasteiger partial charge in [0.05, 0.1) is 0 Å². The van der Waals surface area contributed by atoms with Gasteiger partial charge in [0.25, 0.3) is 5.56 Å². The largest absolute Gasteiger partial charge is 0.462 e. The van der Waals surface area contributed by atoms with E-state index < -0.39 is 0 Å². The van der Waals surface area contributed by atoms with Crippen LogP contribution in [0.3, 0.4) is 0 Å². The summed E-state index contributed by atoms with van der Waals surface area (Å²) in [5.41, 5.74) is 1.84. The van der Waals surface area contributed by atoms with E-state index in [1.807, 2.05) is 50.2 Å². The van der Waals surface area contributed by atoms with E-state index in [4.69, 9.17) is 4.42 Å². The number of thiazole rings is 1. The zero-order chi connectivity index (χ0) is 16.0. The fraction of sp³-hybridized carbons (Fsp3) is 0.118. The predicted octanol–water partition coefficient (Wildman–Crippen LogP) is 2.58. The Morgan fingerprint density at radius 1 is 1.17 bits per heavy atom. The molecule has 1 aromatic carbocycles. The molecule has 0 amide bonds. The lowest BCUT2D eigenvalue weighted by Gasteiger charge is -1.98. The minimum Gasteiger partial charge on any atom is -0.462 e. The van der Waals surface area contributed by atoms with Crippen molar-refractivity contribution in [2.75, 3.05) is 0 Å². The molecule has 3 aromatic heterocycles. The van der Waals surface area contributed by atoms with Gasteiger partial charge in [-0.25, -0.2) is 0 Å². The van der Waals surface area contributed by atoms with E-state index in [2.05, 4.69) is 10.1 Å². The third-order valence-corrected chi connectivity index (χ3v) is 4.56. The van der Waals surface area contributed by atoms with Gasteiger partial charge in [-0.15, -0.1) is 5.10 Å². The van der Waals surface area contributed by atoms with Crippen LogP contribution in [0.2, 0.25) is 0 Å². The highest BCUT2D eigenvalue weighted by Crippen LogP contribution is 2.20. The first kappa shape index (κ1) is 13.9. The highest BCUT2D eigenvalue weighted by Gasteiger charge is 2.13. The van der Waals surface area contributed by atoms with E-state index in [9.17, 15) is 4.79 Å². The molecule has 5 nitrogen and oxygen atoms in total. The molecule has 0 aliphatic rings. The summed E-state index contributed by atoms with van der Waals surface area (Å²) in [5, 5.41) is 4.36. The molecule has 0 radical (unpaired) electrons. The maximum absolute atomic E-state index is 12.5. The van der Waals surface area contributed by atoms with Crippen LogP contribution in [0, 0.1) is 13.8 Å². The van der Waals surface area contributed by atoms with Crippen molar-refractivity contribution >= 4 is 22.4 Å². The maximum atomic E-state index is 12.5. The third kappa shape index (κ3) is 2.37. The van der Waals surface area contributed by atoms with Gasteiger partial charge in [0.15, 0.2) is 5.82 Å². The lowest BCUT2D eigenvalue weighted by Crippen LogP contribution is -2.23. The van der Waals surface area contributed by atoms with Crippen LogP contribution in [-0.2, 0) is 0 Å². The van der Waals surface area contributed by atoms with E-state index in [1.54, 1.807) is 6.08 Å². The first-order valence-electron chi connectivity index (χ1n) is 7.15. The SMILES string of the molecule is Cc1ccc(/C=c2/sc3nc(-c4ccccc4C)nn3c2=O)o1. The maximum Gasteiger partial charge on any atom is 0.291 e. The molecule has 0 saturated heterocycles. The number of aryl methyl sites for hydroxylation is 2. The predicted molar refractivity (Wildman–Crippen MR) is 89.5 cm³/mol. The van der Waals surface area contributed by atoms with Crippen molar-refractivity contribution in [1.82, 2.24) is 14.6 Å². The molecule has 0 fully saturated rings. The lowest BCUT2D eigenvalue weighted by atomic mass is 10.1. The lowest BCUT2D eigenvalue weighted by molar-refractivity contribution is 0.525. The molecular weight excluding hydrogens is 310 g/mol. The van der Waals surface area contributed by atoms with Crippen LogP contribution in [0.15, 0.2) is 45.6 Å². The second-order valence-electron chi connectivity index (χ2n) is 5.31. The number of furan rings is 1. The first-order valence-corrected chi connectivity index (χ1v) is 7.97. The molecule has 0 saturated carbocycles. The molecule has 0 spiro atoms. The van der Waals surface area contributed by atoms with Gasteiger partial charge in [0.1, 0.15) is 16.1 Å². The van der Waals surface area contributed by atoms with E-state index in [0.29, 0.717) is 21.1 Å². The average Bonchev–Trinajstić information content (AvgIpc) is 3.19. The third-order valence-electron chi connectivity index (χ3n) is 3.60. The number of rotatable bonds is 2.